The van der Waals surface area contributed by atoms with Crippen LogP contribution in [0.3, 0.4) is 0 Å². The highest BCUT2D eigenvalue weighted by atomic mass is 16.5. The molecule has 3 N–H and O–H groups in total. The molecule has 0 fully saturated rings. The lowest BCUT2D eigenvalue weighted by molar-refractivity contribution is 0.0598. The molecule has 0 saturated heterocycles. The summed E-state index contributed by atoms with van der Waals surface area (Å²) in [5, 5.41) is 9.15. The number of aromatic hydroxyl groups is 1. The zero-order valence-electron chi connectivity index (χ0n) is 6.44. The number of anilines is 1. The average Bonchev–Trinajstić information content (AvgIpc) is 2.03. The summed E-state index contributed by atoms with van der Waals surface area (Å²) in [7, 11) is 1.21. The quantitative estimate of drug-likeness (QED) is 0.583. The minimum absolute atomic E-state index is 0.0486. The second-order valence-corrected chi connectivity index (χ2v) is 2.11. The fraction of sp³-hybridized carbons (Fsp3) is 0.143. The number of hydrogen-bond acceptors (Lipinski definition) is 5. The van der Waals surface area contributed by atoms with Crippen LogP contribution in [0, 0.1) is 0 Å². The molecule has 1 aromatic heterocycles. The predicted octanol–water partition coefficient (Wildman–Crippen LogP) is 0.156. The zero-order chi connectivity index (χ0) is 9.14. The molecular formula is C7H8N2O3. The number of pyridine rings is 1. The lowest BCUT2D eigenvalue weighted by Crippen LogP contribution is -2.06. The van der Waals surface area contributed by atoms with E-state index in [-0.39, 0.29) is 17.0 Å². The van der Waals surface area contributed by atoms with E-state index in [1.54, 1.807) is 0 Å². The Balaban J connectivity index is 3.21. The van der Waals surface area contributed by atoms with Crippen LogP contribution < -0.4 is 5.73 Å². The topological polar surface area (TPSA) is 85.4 Å². The van der Waals surface area contributed by atoms with Crippen LogP contribution in [0.2, 0.25) is 0 Å². The summed E-state index contributed by atoms with van der Waals surface area (Å²) in [6, 6.07) is 0. The predicted molar refractivity (Wildman–Crippen MR) is 41.7 cm³/mol. The normalized spacial score (nSPS) is 9.42. The highest BCUT2D eigenvalue weighted by Gasteiger charge is 2.14. The van der Waals surface area contributed by atoms with Crippen molar-refractivity contribution in [3.8, 4) is 5.75 Å². The van der Waals surface area contributed by atoms with E-state index in [1.165, 1.54) is 13.3 Å². The number of ether oxygens (including phenoxy) is 1. The van der Waals surface area contributed by atoms with Crippen molar-refractivity contribution < 1.29 is 14.6 Å². The smallest absolute Gasteiger partial charge is 0.343 e. The number of rotatable bonds is 1. The average molecular weight is 168 g/mol. The Morgan fingerprint density at radius 3 is 2.83 bits per heavy atom. The minimum Gasteiger partial charge on any atom is -0.505 e. The Labute approximate surface area is 68.8 Å². The highest BCUT2D eigenvalue weighted by Crippen LogP contribution is 2.21. The lowest BCUT2D eigenvalue weighted by atomic mass is 10.2. The molecule has 0 bridgehead atoms. The Bertz CT molecular complexity index is 291. The zero-order valence-corrected chi connectivity index (χ0v) is 6.44. The molecule has 0 atom stereocenters. The van der Waals surface area contributed by atoms with Crippen molar-refractivity contribution >= 4 is 11.7 Å². The first-order valence-corrected chi connectivity index (χ1v) is 3.17. The van der Waals surface area contributed by atoms with Gasteiger partial charge in [-0.3, -0.25) is 4.98 Å². The van der Waals surface area contributed by atoms with E-state index in [2.05, 4.69) is 9.72 Å². The molecule has 0 aromatic carbocycles. The molecule has 0 radical (unpaired) electrons. The van der Waals surface area contributed by atoms with E-state index < -0.39 is 5.97 Å². The van der Waals surface area contributed by atoms with E-state index in [0.717, 1.165) is 6.20 Å². The Hall–Kier alpha value is -1.78. The maximum absolute atomic E-state index is 11.0. The first-order chi connectivity index (χ1) is 5.66. The van der Waals surface area contributed by atoms with Gasteiger partial charge in [0.2, 0.25) is 0 Å². The number of nitrogen functional groups attached to an aromatic ring is 1. The minimum atomic E-state index is -0.674. The van der Waals surface area contributed by atoms with E-state index in [0.29, 0.717) is 0 Å². The maximum atomic E-state index is 11.0. The molecule has 12 heavy (non-hydrogen) atoms. The van der Waals surface area contributed by atoms with Gasteiger partial charge in [0.25, 0.3) is 0 Å². The second-order valence-electron chi connectivity index (χ2n) is 2.11. The summed E-state index contributed by atoms with van der Waals surface area (Å²) in [4.78, 5) is 14.5. The number of carbonyl (C=O) groups is 1. The van der Waals surface area contributed by atoms with Crippen LogP contribution >= 0.6 is 0 Å². The molecule has 0 aliphatic heterocycles. The Kier molecular flexibility index (Phi) is 2.14. The number of esters is 1. The lowest BCUT2D eigenvalue weighted by Gasteiger charge is -2.03. The van der Waals surface area contributed by atoms with Gasteiger partial charge in [-0.1, -0.05) is 0 Å². The summed E-state index contributed by atoms with van der Waals surface area (Å²) in [5.74, 6) is -0.950. The van der Waals surface area contributed by atoms with Crippen molar-refractivity contribution in [1.82, 2.24) is 4.98 Å². The van der Waals surface area contributed by atoms with Gasteiger partial charge in [-0.25, -0.2) is 4.79 Å². The van der Waals surface area contributed by atoms with Gasteiger partial charge in [0.15, 0.2) is 5.75 Å². The maximum Gasteiger partial charge on any atom is 0.343 e. The molecule has 0 unspecified atom stereocenters. The van der Waals surface area contributed by atoms with Gasteiger partial charge >= 0.3 is 5.97 Å². The van der Waals surface area contributed by atoms with Gasteiger partial charge in [0, 0.05) is 0 Å². The molecule has 64 valence electrons. The highest BCUT2D eigenvalue weighted by molar-refractivity contribution is 5.97. The van der Waals surface area contributed by atoms with E-state index in [1.807, 2.05) is 0 Å². The number of hydrogen-bond donors (Lipinski definition) is 2. The van der Waals surface area contributed by atoms with Gasteiger partial charge in [-0.05, 0) is 0 Å². The Morgan fingerprint density at radius 2 is 2.33 bits per heavy atom. The first-order valence-electron chi connectivity index (χ1n) is 3.17. The van der Waals surface area contributed by atoms with Crippen LogP contribution in [-0.4, -0.2) is 23.2 Å². The van der Waals surface area contributed by atoms with Gasteiger partial charge in [-0.15, -0.1) is 0 Å². The Morgan fingerprint density at radius 1 is 1.67 bits per heavy atom. The van der Waals surface area contributed by atoms with Crippen LogP contribution in [0.4, 0.5) is 5.69 Å². The van der Waals surface area contributed by atoms with Gasteiger partial charge in [0.1, 0.15) is 5.56 Å². The van der Waals surface area contributed by atoms with Crippen molar-refractivity contribution in [2.45, 2.75) is 0 Å². The monoisotopic (exact) mass is 168 g/mol. The van der Waals surface area contributed by atoms with Crippen molar-refractivity contribution in [3.63, 3.8) is 0 Å². The summed E-state index contributed by atoms with van der Waals surface area (Å²) in [5.41, 5.74) is 5.42. The van der Waals surface area contributed by atoms with Crippen LogP contribution in [0.25, 0.3) is 0 Å². The standard InChI is InChI=1S/C7H8N2O3/c1-12-7(11)6-4(8)2-9-3-5(6)10/h2-3,10H,8H2,1H3. The molecular weight excluding hydrogens is 160 g/mol. The van der Waals surface area contributed by atoms with Crippen LogP contribution in [0.1, 0.15) is 10.4 Å². The summed E-state index contributed by atoms with van der Waals surface area (Å²) >= 11 is 0. The molecule has 1 aromatic rings. The van der Waals surface area contributed by atoms with Crippen LogP contribution in [0.5, 0.6) is 5.75 Å². The van der Waals surface area contributed by atoms with E-state index in [4.69, 9.17) is 10.8 Å². The first kappa shape index (κ1) is 8.32. The SMILES string of the molecule is COC(=O)c1c(N)cncc1O. The van der Waals surface area contributed by atoms with Crippen LogP contribution in [-0.2, 0) is 4.74 Å². The van der Waals surface area contributed by atoms with Crippen LogP contribution in [0.15, 0.2) is 12.4 Å². The van der Waals surface area contributed by atoms with Gasteiger partial charge in [-0.2, -0.15) is 0 Å². The molecule has 0 aliphatic rings. The molecule has 5 nitrogen and oxygen atoms in total. The number of methoxy groups -OCH3 is 1. The number of nitrogens with zero attached hydrogens (tertiary/aromatic N) is 1. The third-order valence-electron chi connectivity index (χ3n) is 1.34. The van der Waals surface area contributed by atoms with E-state index >= 15 is 0 Å². The molecule has 0 amide bonds. The van der Waals surface area contributed by atoms with Gasteiger partial charge < -0.3 is 15.6 Å². The molecule has 1 heterocycles. The van der Waals surface area contributed by atoms with Crippen molar-refractivity contribution in [2.75, 3.05) is 12.8 Å². The van der Waals surface area contributed by atoms with Crippen molar-refractivity contribution in [1.29, 1.82) is 0 Å². The molecule has 1 rings (SSSR count). The summed E-state index contributed by atoms with van der Waals surface area (Å²) in [6.45, 7) is 0. The summed E-state index contributed by atoms with van der Waals surface area (Å²) in [6.07, 6.45) is 2.40. The number of aromatic nitrogens is 1. The molecule has 0 saturated carbocycles. The van der Waals surface area contributed by atoms with Crippen molar-refractivity contribution in [2.24, 2.45) is 0 Å². The third kappa shape index (κ3) is 1.29. The van der Waals surface area contributed by atoms with E-state index in [9.17, 15) is 4.79 Å². The second kappa shape index (κ2) is 3.08. The number of nitrogens with two attached hydrogens (primary N) is 1. The van der Waals surface area contributed by atoms with Gasteiger partial charge in [0.05, 0.1) is 25.2 Å². The van der Waals surface area contributed by atoms with Crippen molar-refractivity contribution in [3.05, 3.63) is 18.0 Å². The largest absolute Gasteiger partial charge is 0.505 e. The fourth-order valence-electron chi connectivity index (χ4n) is 0.790. The molecule has 0 spiro atoms. The fourth-order valence-corrected chi connectivity index (χ4v) is 0.790. The molecule has 0 aliphatic carbocycles. The third-order valence-corrected chi connectivity index (χ3v) is 1.34. The summed E-state index contributed by atoms with van der Waals surface area (Å²) < 4.78 is 4.39. The number of carbonyl (C=O) groups excluding carboxylic acids is 1. The molecule has 5 heteroatoms.